The summed E-state index contributed by atoms with van der Waals surface area (Å²) in [5.74, 6) is -0.138. The second-order valence-corrected chi connectivity index (χ2v) is 9.51. The van der Waals surface area contributed by atoms with Gasteiger partial charge in [-0.15, -0.1) is 0 Å². The summed E-state index contributed by atoms with van der Waals surface area (Å²) in [6, 6.07) is 6.43. The van der Waals surface area contributed by atoms with Gasteiger partial charge in [-0.2, -0.15) is 0 Å². The molecule has 9 nitrogen and oxygen atoms in total. The highest BCUT2D eigenvalue weighted by atomic mass is 19.1. The molecule has 0 saturated carbocycles. The number of nitrogens with zero attached hydrogens (tertiary/aromatic N) is 1. The Balaban J connectivity index is 1.62. The number of benzene rings is 1. The minimum absolute atomic E-state index is 0.00449. The predicted molar refractivity (Wildman–Crippen MR) is 136 cm³/mol. The van der Waals surface area contributed by atoms with Crippen molar-refractivity contribution >= 4 is 17.3 Å². The molecule has 2 aliphatic rings. The van der Waals surface area contributed by atoms with E-state index in [0.29, 0.717) is 66.7 Å². The lowest BCUT2D eigenvalue weighted by atomic mass is 9.93. The van der Waals surface area contributed by atoms with Gasteiger partial charge < -0.3 is 34.6 Å². The third-order valence-corrected chi connectivity index (χ3v) is 6.94. The van der Waals surface area contributed by atoms with Gasteiger partial charge >= 0.3 is 0 Å². The van der Waals surface area contributed by atoms with E-state index < -0.39 is 5.82 Å². The van der Waals surface area contributed by atoms with E-state index in [1.165, 1.54) is 13.2 Å². The number of carbonyl (C=O) groups is 1. The van der Waals surface area contributed by atoms with Gasteiger partial charge in [0.2, 0.25) is 0 Å². The van der Waals surface area contributed by atoms with Gasteiger partial charge in [-0.1, -0.05) is 6.07 Å². The molecule has 37 heavy (non-hydrogen) atoms. The molecule has 2 atom stereocenters. The van der Waals surface area contributed by atoms with Crippen LogP contribution in [0, 0.1) is 5.82 Å². The van der Waals surface area contributed by atoms with Crippen molar-refractivity contribution in [2.45, 2.75) is 31.3 Å². The van der Waals surface area contributed by atoms with Gasteiger partial charge in [0.25, 0.3) is 5.91 Å². The summed E-state index contributed by atoms with van der Waals surface area (Å²) in [4.78, 5) is 21.0. The number of halogens is 1. The first-order valence-corrected chi connectivity index (χ1v) is 12.3. The van der Waals surface area contributed by atoms with E-state index in [1.807, 2.05) is 13.0 Å². The molecule has 1 aromatic carbocycles. The number of aromatic nitrogens is 2. The van der Waals surface area contributed by atoms with E-state index in [1.54, 1.807) is 31.6 Å². The first-order chi connectivity index (χ1) is 17.9. The number of carbonyl (C=O) groups excluding carboxylic acids is 1. The Hall–Kier alpha value is -3.63. The number of pyridine rings is 1. The number of fused-ring (bicyclic) bond motifs is 1. The second kappa shape index (κ2) is 10.4. The van der Waals surface area contributed by atoms with Gasteiger partial charge in [0.05, 0.1) is 42.5 Å². The normalized spacial score (nSPS) is 20.5. The molecule has 1 saturated heterocycles. The minimum atomic E-state index is -0.512. The summed E-state index contributed by atoms with van der Waals surface area (Å²) >= 11 is 0. The van der Waals surface area contributed by atoms with Crippen molar-refractivity contribution in [2.24, 2.45) is 0 Å². The Labute approximate surface area is 214 Å². The SMILES string of the molecule is COCC[C@H]1CNC(=O)c2c1[nH]c(-c1ccncc1OC[C@]1(C)CCO1)c2Nc1cccc(F)c1OC. The average Bonchev–Trinajstić information content (AvgIpc) is 3.26. The van der Waals surface area contributed by atoms with Gasteiger partial charge in [0.15, 0.2) is 11.6 Å². The lowest BCUT2D eigenvalue weighted by molar-refractivity contribution is -0.152. The number of amides is 1. The molecule has 3 N–H and O–H groups in total. The van der Waals surface area contributed by atoms with Gasteiger partial charge in [-0.05, 0) is 31.5 Å². The van der Waals surface area contributed by atoms with Crippen LogP contribution in [0.15, 0.2) is 36.7 Å². The Morgan fingerprint density at radius 3 is 2.86 bits per heavy atom. The monoisotopic (exact) mass is 510 g/mol. The van der Waals surface area contributed by atoms with E-state index in [4.69, 9.17) is 18.9 Å². The number of ether oxygens (including phenoxy) is 4. The molecular formula is C27H31FN4O5. The minimum Gasteiger partial charge on any atom is -0.492 e. The molecule has 0 aliphatic carbocycles. The van der Waals surface area contributed by atoms with Crippen molar-refractivity contribution in [3.8, 4) is 22.8 Å². The molecule has 10 heteroatoms. The van der Waals surface area contributed by atoms with Crippen LogP contribution in [0.1, 0.15) is 41.7 Å². The molecule has 1 fully saturated rings. The predicted octanol–water partition coefficient (Wildman–Crippen LogP) is 4.39. The molecule has 196 valence electrons. The lowest BCUT2D eigenvalue weighted by Crippen LogP contribution is -2.45. The largest absolute Gasteiger partial charge is 0.492 e. The summed E-state index contributed by atoms with van der Waals surface area (Å²) in [6.07, 6.45) is 4.93. The summed E-state index contributed by atoms with van der Waals surface area (Å²) < 4.78 is 37.0. The van der Waals surface area contributed by atoms with Crippen molar-refractivity contribution in [2.75, 3.05) is 45.9 Å². The highest BCUT2D eigenvalue weighted by Gasteiger charge is 2.36. The first-order valence-electron chi connectivity index (χ1n) is 12.3. The molecule has 5 rings (SSSR count). The number of H-pyrrole nitrogens is 1. The van der Waals surface area contributed by atoms with Crippen LogP contribution < -0.4 is 20.1 Å². The van der Waals surface area contributed by atoms with Crippen LogP contribution in [0.3, 0.4) is 0 Å². The molecular weight excluding hydrogens is 479 g/mol. The molecule has 2 aliphatic heterocycles. The highest BCUT2D eigenvalue weighted by Crippen LogP contribution is 2.44. The Morgan fingerprint density at radius 2 is 2.14 bits per heavy atom. The van der Waals surface area contributed by atoms with Crippen molar-refractivity contribution in [3.05, 3.63) is 53.7 Å². The lowest BCUT2D eigenvalue weighted by Gasteiger charge is -2.38. The topological polar surface area (TPSA) is 107 Å². The number of aromatic amines is 1. The smallest absolute Gasteiger partial charge is 0.255 e. The van der Waals surface area contributed by atoms with Crippen LogP contribution in [0.25, 0.3) is 11.3 Å². The van der Waals surface area contributed by atoms with E-state index in [0.717, 1.165) is 12.1 Å². The maximum atomic E-state index is 14.5. The number of hydrogen-bond donors (Lipinski definition) is 3. The molecule has 0 bridgehead atoms. The second-order valence-electron chi connectivity index (χ2n) is 9.51. The van der Waals surface area contributed by atoms with Crippen molar-refractivity contribution in [1.82, 2.24) is 15.3 Å². The van der Waals surface area contributed by atoms with E-state index in [-0.39, 0.29) is 23.2 Å². The number of para-hydroxylation sites is 1. The van der Waals surface area contributed by atoms with Crippen molar-refractivity contribution in [3.63, 3.8) is 0 Å². The Kier molecular flexibility index (Phi) is 7.03. The van der Waals surface area contributed by atoms with Gasteiger partial charge in [-0.25, -0.2) is 4.39 Å². The molecule has 4 heterocycles. The number of methoxy groups -OCH3 is 2. The molecule has 3 aromatic rings. The summed E-state index contributed by atoms with van der Waals surface area (Å²) in [5.41, 5.74) is 3.14. The third kappa shape index (κ3) is 4.86. The molecule has 0 radical (unpaired) electrons. The zero-order chi connectivity index (χ0) is 26.0. The number of rotatable bonds is 10. The average molecular weight is 511 g/mol. The van der Waals surface area contributed by atoms with E-state index in [2.05, 4.69) is 20.6 Å². The fourth-order valence-electron chi connectivity index (χ4n) is 4.75. The van der Waals surface area contributed by atoms with Crippen molar-refractivity contribution < 1.29 is 28.1 Å². The maximum absolute atomic E-state index is 14.5. The zero-order valence-electron chi connectivity index (χ0n) is 21.2. The van der Waals surface area contributed by atoms with Crippen LogP contribution in [0.4, 0.5) is 15.8 Å². The molecule has 0 spiro atoms. The summed E-state index contributed by atoms with van der Waals surface area (Å²) in [7, 11) is 3.06. The highest BCUT2D eigenvalue weighted by molar-refractivity contribution is 6.07. The van der Waals surface area contributed by atoms with Crippen LogP contribution in [0.5, 0.6) is 11.5 Å². The molecule has 0 unspecified atom stereocenters. The molecule has 2 aromatic heterocycles. The van der Waals surface area contributed by atoms with Gasteiger partial charge in [0.1, 0.15) is 18.0 Å². The van der Waals surface area contributed by atoms with Gasteiger partial charge in [0, 0.05) is 50.1 Å². The number of anilines is 2. The van der Waals surface area contributed by atoms with Crippen LogP contribution in [-0.2, 0) is 9.47 Å². The Morgan fingerprint density at radius 1 is 1.30 bits per heavy atom. The number of nitrogens with one attached hydrogen (secondary N) is 3. The quantitative estimate of drug-likeness (QED) is 0.371. The fourth-order valence-corrected chi connectivity index (χ4v) is 4.75. The van der Waals surface area contributed by atoms with E-state index in [9.17, 15) is 9.18 Å². The summed E-state index contributed by atoms with van der Waals surface area (Å²) in [5, 5.41) is 6.26. The van der Waals surface area contributed by atoms with E-state index >= 15 is 0 Å². The zero-order valence-corrected chi connectivity index (χ0v) is 21.2. The first kappa shape index (κ1) is 25.0. The number of hydrogen-bond acceptors (Lipinski definition) is 7. The third-order valence-electron chi connectivity index (χ3n) is 6.94. The Bertz CT molecular complexity index is 1290. The standard InChI is InChI=1S/C27H31FN4O5/c1-27(9-12-37-27)15-36-20-14-29-10-7-17(20)23-24(31-19-6-4-5-18(28)25(19)35-3)21-22(32-23)16(8-11-34-2)13-30-26(21)33/h4-7,10,14,16,31-32H,8-9,11-13,15H2,1-3H3,(H,30,33)/t16-,27-/m0/s1. The van der Waals surface area contributed by atoms with Crippen LogP contribution in [0.2, 0.25) is 0 Å². The van der Waals surface area contributed by atoms with Gasteiger partial charge in [-0.3, -0.25) is 9.78 Å². The van der Waals surface area contributed by atoms with Crippen LogP contribution >= 0.6 is 0 Å². The maximum Gasteiger partial charge on any atom is 0.255 e. The molecule has 1 amide bonds. The summed E-state index contributed by atoms with van der Waals surface area (Å²) in [6.45, 7) is 4.10. The van der Waals surface area contributed by atoms with Crippen LogP contribution in [-0.4, -0.2) is 62.1 Å². The fraction of sp³-hybridized carbons (Fsp3) is 0.407. The van der Waals surface area contributed by atoms with Crippen molar-refractivity contribution in [1.29, 1.82) is 0 Å².